The van der Waals surface area contributed by atoms with E-state index >= 15 is 0 Å². The molecule has 0 aliphatic heterocycles. The fourth-order valence-corrected chi connectivity index (χ4v) is 3.93. The molecule has 0 amide bonds. The number of aryl methyl sites for hydroxylation is 1. The van der Waals surface area contributed by atoms with Crippen LogP contribution in [0, 0.1) is 0 Å². The number of unbranched alkanes of at least 4 members (excludes halogenated alkanes) is 15. The van der Waals surface area contributed by atoms with Crippen molar-refractivity contribution in [3.05, 3.63) is 35.9 Å². The summed E-state index contributed by atoms with van der Waals surface area (Å²) >= 11 is 0. The van der Waals surface area contributed by atoms with Gasteiger partial charge in [-0.25, -0.2) is 0 Å². The molecule has 0 saturated carbocycles. The summed E-state index contributed by atoms with van der Waals surface area (Å²) in [5.41, 5.74) is 1.50. The zero-order chi connectivity index (χ0) is 19.4. The Bertz CT molecular complexity index is 404. The van der Waals surface area contributed by atoms with Crippen LogP contribution in [0.3, 0.4) is 0 Å². The molecule has 2 heteroatoms. The van der Waals surface area contributed by atoms with Crippen LogP contribution in [-0.2, 0) is 6.42 Å². The Hall–Kier alpha value is -0.530. The Labute approximate surface area is 183 Å². The third-order valence-electron chi connectivity index (χ3n) is 5.74. The van der Waals surface area contributed by atoms with E-state index in [1.807, 2.05) is 0 Å². The van der Waals surface area contributed by atoms with E-state index in [2.05, 4.69) is 44.4 Å². The van der Waals surface area contributed by atoms with Gasteiger partial charge in [0.1, 0.15) is 0 Å². The van der Waals surface area contributed by atoms with Crippen molar-refractivity contribution in [2.45, 2.75) is 109 Å². The van der Waals surface area contributed by atoms with Gasteiger partial charge in [0.15, 0.2) is 0 Å². The van der Waals surface area contributed by atoms with Crippen molar-refractivity contribution >= 4 is 0 Å². The monoisotopic (exact) mass is 409 g/mol. The Kier molecular flexibility index (Phi) is 20.8. The lowest BCUT2D eigenvalue weighted by atomic mass is 10.0. The van der Waals surface area contributed by atoms with Gasteiger partial charge in [-0.1, -0.05) is 114 Å². The first-order valence-electron chi connectivity index (χ1n) is 12.1. The van der Waals surface area contributed by atoms with Gasteiger partial charge in [0.25, 0.3) is 0 Å². The first kappa shape index (κ1) is 27.5. The smallest absolute Gasteiger partial charge is 0.0766 e. The van der Waals surface area contributed by atoms with E-state index in [1.165, 1.54) is 121 Å². The minimum absolute atomic E-state index is 0. The maximum absolute atomic E-state index is 2.26. The fourth-order valence-electron chi connectivity index (χ4n) is 3.93. The van der Waals surface area contributed by atoms with E-state index in [0.29, 0.717) is 0 Å². The highest BCUT2D eigenvalue weighted by molar-refractivity contribution is 5.14. The molecule has 0 heterocycles. The van der Waals surface area contributed by atoms with E-state index in [4.69, 9.17) is 0 Å². The lowest BCUT2D eigenvalue weighted by Crippen LogP contribution is -3.05. The molecule has 0 radical (unpaired) electrons. The number of halogens is 1. The standard InChI is InChI=1S/C26H47N.ClH/c1-27(2)25-21-16-14-12-10-8-6-4-3-5-7-9-11-13-15-18-22-26-23-19-17-20-24-26;/h17,19-20,23-24H,3-16,18,21-22,25H2,1-2H3;1H. The summed E-state index contributed by atoms with van der Waals surface area (Å²) in [6.07, 6.45) is 24.4. The Balaban J connectivity index is 0.00000729. The Morgan fingerprint density at radius 1 is 0.500 bits per heavy atom. The van der Waals surface area contributed by atoms with Gasteiger partial charge in [-0.05, 0) is 31.2 Å². The Morgan fingerprint density at radius 3 is 1.25 bits per heavy atom. The number of hydrogen-bond donors (Lipinski definition) is 1. The zero-order valence-electron chi connectivity index (χ0n) is 19.0. The normalized spacial score (nSPS) is 11.0. The molecule has 0 saturated heterocycles. The molecule has 0 fully saturated rings. The van der Waals surface area contributed by atoms with Crippen LogP contribution in [-0.4, -0.2) is 20.6 Å². The molecule has 164 valence electrons. The van der Waals surface area contributed by atoms with Gasteiger partial charge in [0.05, 0.1) is 20.6 Å². The number of quaternary nitrogens is 1. The van der Waals surface area contributed by atoms with E-state index in [9.17, 15) is 0 Å². The second-order valence-corrected chi connectivity index (χ2v) is 8.85. The Morgan fingerprint density at radius 2 is 0.857 bits per heavy atom. The molecular weight excluding hydrogens is 362 g/mol. The van der Waals surface area contributed by atoms with Crippen molar-refractivity contribution in [1.29, 1.82) is 0 Å². The molecule has 1 nitrogen and oxygen atoms in total. The summed E-state index contributed by atoms with van der Waals surface area (Å²) in [6.45, 7) is 1.34. The van der Waals surface area contributed by atoms with Crippen molar-refractivity contribution in [2.75, 3.05) is 20.6 Å². The lowest BCUT2D eigenvalue weighted by molar-refractivity contribution is -0.858. The first-order valence-corrected chi connectivity index (χ1v) is 12.1. The van der Waals surface area contributed by atoms with Crippen LogP contribution in [0.4, 0.5) is 0 Å². The molecule has 1 aromatic rings. The summed E-state index contributed by atoms with van der Waals surface area (Å²) in [5, 5.41) is 0. The minimum atomic E-state index is 0. The van der Waals surface area contributed by atoms with Crippen LogP contribution in [0.1, 0.15) is 108 Å². The summed E-state index contributed by atoms with van der Waals surface area (Å²) in [7, 11) is 4.51. The molecule has 1 N–H and O–H groups in total. The number of rotatable bonds is 19. The van der Waals surface area contributed by atoms with Gasteiger partial charge in [0, 0.05) is 0 Å². The molecule has 0 atom stereocenters. The van der Waals surface area contributed by atoms with E-state index in [1.54, 1.807) is 4.90 Å². The first-order chi connectivity index (χ1) is 13.3. The summed E-state index contributed by atoms with van der Waals surface area (Å²) in [5.74, 6) is 0. The molecule has 28 heavy (non-hydrogen) atoms. The van der Waals surface area contributed by atoms with Gasteiger partial charge < -0.3 is 17.3 Å². The molecule has 0 aliphatic rings. The second kappa shape index (κ2) is 21.2. The third kappa shape index (κ3) is 18.8. The maximum atomic E-state index is 2.26. The molecular formula is C26H48ClN. The number of nitrogens with one attached hydrogen (secondary N) is 1. The van der Waals surface area contributed by atoms with E-state index in [-0.39, 0.29) is 12.4 Å². The topological polar surface area (TPSA) is 4.44 Å². The summed E-state index contributed by atoms with van der Waals surface area (Å²) in [4.78, 5) is 1.60. The third-order valence-corrected chi connectivity index (χ3v) is 5.74. The van der Waals surface area contributed by atoms with Crippen LogP contribution in [0.15, 0.2) is 30.3 Å². The van der Waals surface area contributed by atoms with Crippen molar-refractivity contribution in [1.82, 2.24) is 0 Å². The molecule has 1 rings (SSSR count). The lowest BCUT2D eigenvalue weighted by Gasteiger charge is -2.06. The predicted molar refractivity (Wildman–Crippen MR) is 122 cm³/mol. The zero-order valence-corrected chi connectivity index (χ0v) is 19.7. The van der Waals surface area contributed by atoms with Crippen LogP contribution < -0.4 is 17.3 Å². The van der Waals surface area contributed by atoms with Gasteiger partial charge in [-0.2, -0.15) is 0 Å². The van der Waals surface area contributed by atoms with Crippen LogP contribution >= 0.6 is 0 Å². The number of benzene rings is 1. The highest BCUT2D eigenvalue weighted by atomic mass is 35.5. The van der Waals surface area contributed by atoms with Gasteiger partial charge >= 0.3 is 0 Å². The van der Waals surface area contributed by atoms with E-state index < -0.39 is 0 Å². The highest BCUT2D eigenvalue weighted by Crippen LogP contribution is 2.14. The van der Waals surface area contributed by atoms with Crippen molar-refractivity contribution in [2.24, 2.45) is 0 Å². The largest absolute Gasteiger partial charge is 1.00 e. The van der Waals surface area contributed by atoms with E-state index in [0.717, 1.165) is 0 Å². The molecule has 0 spiro atoms. The molecule has 0 aliphatic carbocycles. The van der Waals surface area contributed by atoms with Crippen LogP contribution in [0.5, 0.6) is 0 Å². The van der Waals surface area contributed by atoms with Gasteiger partial charge in [-0.3, -0.25) is 0 Å². The van der Waals surface area contributed by atoms with Crippen molar-refractivity contribution < 1.29 is 17.3 Å². The molecule has 1 aromatic carbocycles. The predicted octanol–water partition coefficient (Wildman–Crippen LogP) is 3.62. The van der Waals surface area contributed by atoms with Crippen molar-refractivity contribution in [3.8, 4) is 0 Å². The quantitative estimate of drug-likeness (QED) is 0.333. The van der Waals surface area contributed by atoms with Gasteiger partial charge in [0.2, 0.25) is 0 Å². The number of hydrogen-bond acceptors (Lipinski definition) is 0. The molecule has 0 unspecified atom stereocenters. The van der Waals surface area contributed by atoms with Crippen LogP contribution in [0.2, 0.25) is 0 Å². The summed E-state index contributed by atoms with van der Waals surface area (Å²) in [6, 6.07) is 10.9. The minimum Gasteiger partial charge on any atom is -1.00 e. The highest BCUT2D eigenvalue weighted by Gasteiger charge is 1.97. The van der Waals surface area contributed by atoms with Crippen LogP contribution in [0.25, 0.3) is 0 Å². The fraction of sp³-hybridized carbons (Fsp3) is 0.769. The maximum Gasteiger partial charge on any atom is 0.0766 e. The molecule has 0 bridgehead atoms. The molecule has 0 aromatic heterocycles. The summed E-state index contributed by atoms with van der Waals surface area (Å²) < 4.78 is 0. The SMILES string of the molecule is C[NH+](C)CCCCCCCCCCCCCCCCCCc1ccccc1.[Cl-]. The van der Waals surface area contributed by atoms with Gasteiger partial charge in [-0.15, -0.1) is 0 Å². The average molecular weight is 410 g/mol. The second-order valence-electron chi connectivity index (χ2n) is 8.85. The van der Waals surface area contributed by atoms with Crippen molar-refractivity contribution in [3.63, 3.8) is 0 Å². The average Bonchev–Trinajstić information content (AvgIpc) is 2.67.